The van der Waals surface area contributed by atoms with Crippen LogP contribution in [0.2, 0.25) is 0 Å². The second-order valence-electron chi connectivity index (χ2n) is 1.98. The molecule has 0 aromatic carbocycles. The van der Waals surface area contributed by atoms with Crippen molar-refractivity contribution in [3.05, 3.63) is 27.1 Å². The normalized spacial score (nSPS) is 12.4. The average Bonchev–Trinajstić information content (AvgIpc) is 2.50. The number of carbonyl (C=O) groups excluding carboxylic acids is 1. The van der Waals surface area contributed by atoms with Crippen LogP contribution in [0.4, 0.5) is 9.39 Å². The number of carbonyl (C=O) groups is 1. The number of thiophene rings is 1. The number of nitro groups is 1. The Kier molecular flexibility index (Phi) is 2.49. The molecule has 0 N–H and O–H groups in total. The van der Waals surface area contributed by atoms with Crippen LogP contribution >= 0.6 is 11.3 Å². The second-order valence-corrected chi connectivity index (χ2v) is 2.87. The first-order chi connectivity index (χ1) is 5.66. The molecule has 1 aromatic rings. The molecular weight excluding hydrogens is 185 g/mol. The lowest BCUT2D eigenvalue weighted by molar-refractivity contribution is -0.381. The van der Waals surface area contributed by atoms with Crippen molar-refractivity contribution in [3.63, 3.8) is 0 Å². The molecule has 0 radical (unpaired) electrons. The Bertz CT molecular complexity index is 311. The Labute approximate surface area is 70.8 Å². The molecule has 1 aromatic heterocycles. The molecule has 1 heterocycles. The Morgan fingerprint density at radius 3 is 2.92 bits per heavy atom. The number of alkyl halides is 1. The minimum atomic E-state index is -1.89. The summed E-state index contributed by atoms with van der Waals surface area (Å²) in [7, 11) is 0. The molecule has 0 spiro atoms. The highest BCUT2D eigenvalue weighted by Gasteiger charge is 2.22. The van der Waals surface area contributed by atoms with Crippen molar-refractivity contribution in [3.8, 4) is 0 Å². The Balaban J connectivity index is 3.06. The molecule has 0 saturated heterocycles. The van der Waals surface area contributed by atoms with Crippen LogP contribution in [0, 0.1) is 10.1 Å². The molecule has 0 fully saturated rings. The highest BCUT2D eigenvalue weighted by Crippen LogP contribution is 2.31. The first kappa shape index (κ1) is 8.79. The molecule has 0 saturated carbocycles. The van der Waals surface area contributed by atoms with Gasteiger partial charge in [-0.25, -0.2) is 4.39 Å². The summed E-state index contributed by atoms with van der Waals surface area (Å²) in [6.45, 7) is 0. The van der Waals surface area contributed by atoms with E-state index in [1.807, 2.05) is 0 Å². The van der Waals surface area contributed by atoms with Crippen molar-refractivity contribution in [2.24, 2.45) is 0 Å². The summed E-state index contributed by atoms with van der Waals surface area (Å²) in [6, 6.07) is 1.24. The van der Waals surface area contributed by atoms with E-state index >= 15 is 0 Å². The van der Waals surface area contributed by atoms with Crippen molar-refractivity contribution in [1.82, 2.24) is 0 Å². The number of hydrogen-bond donors (Lipinski definition) is 0. The molecule has 0 aliphatic rings. The highest BCUT2D eigenvalue weighted by molar-refractivity contribution is 7.13. The largest absolute Gasteiger partial charge is 0.330 e. The van der Waals surface area contributed by atoms with Gasteiger partial charge >= 0.3 is 5.00 Å². The molecule has 12 heavy (non-hydrogen) atoms. The van der Waals surface area contributed by atoms with E-state index in [1.165, 1.54) is 11.4 Å². The molecule has 0 bridgehead atoms. The van der Waals surface area contributed by atoms with E-state index in [0.29, 0.717) is 0 Å². The number of nitrogens with zero attached hydrogens (tertiary/aromatic N) is 1. The van der Waals surface area contributed by atoms with E-state index in [1.54, 1.807) is 0 Å². The molecule has 0 unspecified atom stereocenters. The average molecular weight is 189 g/mol. The van der Waals surface area contributed by atoms with Crippen molar-refractivity contribution < 1.29 is 14.1 Å². The Morgan fingerprint density at radius 2 is 2.42 bits per heavy atom. The zero-order valence-corrected chi connectivity index (χ0v) is 6.58. The summed E-state index contributed by atoms with van der Waals surface area (Å²) >= 11 is 0.803. The molecule has 64 valence electrons. The van der Waals surface area contributed by atoms with E-state index < -0.39 is 11.1 Å². The maximum absolute atomic E-state index is 12.7. The fourth-order valence-corrected chi connectivity index (χ4v) is 1.49. The van der Waals surface area contributed by atoms with E-state index in [0.717, 1.165) is 11.3 Å². The van der Waals surface area contributed by atoms with Gasteiger partial charge in [0.2, 0.25) is 0 Å². The van der Waals surface area contributed by atoms with Gasteiger partial charge in [-0.2, -0.15) is 0 Å². The predicted octanol–water partition coefficient (Wildman–Crippen LogP) is 1.87. The molecule has 6 heteroatoms. The summed E-state index contributed by atoms with van der Waals surface area (Å²) in [5.41, 5.74) is -0.167. The number of hydrogen-bond acceptors (Lipinski definition) is 4. The lowest BCUT2D eigenvalue weighted by Gasteiger charge is -1.94. The summed E-state index contributed by atoms with van der Waals surface area (Å²) in [5, 5.41) is 11.3. The lowest BCUT2D eigenvalue weighted by Crippen LogP contribution is -1.95. The zero-order chi connectivity index (χ0) is 9.14. The number of aldehydes is 1. The maximum atomic E-state index is 12.7. The minimum Gasteiger partial charge on any atom is -0.300 e. The Hall–Kier alpha value is -1.30. The first-order valence-corrected chi connectivity index (χ1v) is 3.86. The third-order valence-electron chi connectivity index (χ3n) is 1.26. The minimum absolute atomic E-state index is 0.0368. The fraction of sp³-hybridized carbons (Fsp3) is 0.167. The van der Waals surface area contributed by atoms with Crippen LogP contribution < -0.4 is 0 Å². The van der Waals surface area contributed by atoms with Crippen molar-refractivity contribution in [2.75, 3.05) is 0 Å². The highest BCUT2D eigenvalue weighted by atomic mass is 32.1. The zero-order valence-electron chi connectivity index (χ0n) is 5.77. The van der Waals surface area contributed by atoms with Crippen LogP contribution in [0.15, 0.2) is 11.4 Å². The summed E-state index contributed by atoms with van der Waals surface area (Å²) < 4.78 is 12.7. The predicted molar refractivity (Wildman–Crippen MR) is 40.9 cm³/mol. The molecule has 0 amide bonds. The van der Waals surface area contributed by atoms with Gasteiger partial charge in [-0.15, -0.1) is 0 Å². The van der Waals surface area contributed by atoms with Crippen LogP contribution in [0.3, 0.4) is 0 Å². The van der Waals surface area contributed by atoms with Gasteiger partial charge in [-0.3, -0.25) is 14.9 Å². The van der Waals surface area contributed by atoms with Gasteiger partial charge in [0.1, 0.15) is 0 Å². The number of halogens is 1. The summed E-state index contributed by atoms with van der Waals surface area (Å²) in [4.78, 5) is 19.5. The smallest absolute Gasteiger partial charge is 0.300 e. The standard InChI is InChI=1S/C6H4FNO3S/c7-5(3-9)4-1-2-12-6(4)8(10)11/h1-3,5H/t5-/m1/s1. The van der Waals surface area contributed by atoms with Gasteiger partial charge in [-0.05, 0) is 11.4 Å². The van der Waals surface area contributed by atoms with Crippen molar-refractivity contribution >= 4 is 22.6 Å². The number of rotatable bonds is 3. The summed E-state index contributed by atoms with van der Waals surface area (Å²) in [6.07, 6.45) is -1.86. The fourth-order valence-electron chi connectivity index (χ4n) is 0.743. The van der Waals surface area contributed by atoms with Crippen LogP contribution in [-0.2, 0) is 4.79 Å². The third kappa shape index (κ3) is 1.48. The molecule has 1 rings (SSSR count). The molecule has 0 aliphatic carbocycles. The third-order valence-corrected chi connectivity index (χ3v) is 2.14. The van der Waals surface area contributed by atoms with E-state index in [-0.39, 0.29) is 16.9 Å². The molecular formula is C6H4FNO3S. The van der Waals surface area contributed by atoms with Gasteiger partial charge in [0.15, 0.2) is 12.5 Å². The van der Waals surface area contributed by atoms with Crippen molar-refractivity contribution in [2.45, 2.75) is 6.17 Å². The van der Waals surface area contributed by atoms with Gasteiger partial charge < -0.3 is 0 Å². The topological polar surface area (TPSA) is 60.2 Å². The van der Waals surface area contributed by atoms with Gasteiger partial charge in [0.05, 0.1) is 10.5 Å². The van der Waals surface area contributed by atoms with Gasteiger partial charge in [-0.1, -0.05) is 11.3 Å². The van der Waals surface area contributed by atoms with Crippen LogP contribution in [-0.4, -0.2) is 11.2 Å². The maximum Gasteiger partial charge on any atom is 0.330 e. The van der Waals surface area contributed by atoms with E-state index in [9.17, 15) is 19.3 Å². The molecule has 4 nitrogen and oxygen atoms in total. The monoisotopic (exact) mass is 189 g/mol. The first-order valence-electron chi connectivity index (χ1n) is 2.98. The van der Waals surface area contributed by atoms with E-state index in [4.69, 9.17) is 0 Å². The SMILES string of the molecule is O=C[C@@H](F)c1ccsc1[N+](=O)[O-]. The van der Waals surface area contributed by atoms with E-state index in [2.05, 4.69) is 0 Å². The van der Waals surface area contributed by atoms with Crippen LogP contribution in [0.5, 0.6) is 0 Å². The second kappa shape index (κ2) is 3.40. The lowest BCUT2D eigenvalue weighted by atomic mass is 10.2. The summed E-state index contributed by atoms with van der Waals surface area (Å²) in [5.74, 6) is 0. The molecule has 0 aliphatic heterocycles. The molecule has 1 atom stereocenters. The van der Waals surface area contributed by atoms with Crippen LogP contribution in [0.25, 0.3) is 0 Å². The van der Waals surface area contributed by atoms with Crippen molar-refractivity contribution in [1.29, 1.82) is 0 Å². The quantitative estimate of drug-likeness (QED) is 0.414. The van der Waals surface area contributed by atoms with Gasteiger partial charge in [0.25, 0.3) is 0 Å². The van der Waals surface area contributed by atoms with Gasteiger partial charge in [0, 0.05) is 0 Å². The van der Waals surface area contributed by atoms with Crippen LogP contribution in [0.1, 0.15) is 11.7 Å². The Morgan fingerprint density at radius 1 is 1.75 bits per heavy atom.